The monoisotopic (exact) mass is 222 g/mol. The lowest BCUT2D eigenvalue weighted by Gasteiger charge is -2.25. The molecule has 1 atom stereocenters. The first kappa shape index (κ1) is 11.6. The van der Waals surface area contributed by atoms with Crippen LogP contribution < -0.4 is 0 Å². The van der Waals surface area contributed by atoms with Crippen LogP contribution in [0.5, 0.6) is 0 Å². The van der Waals surface area contributed by atoms with Crippen LogP contribution in [0.25, 0.3) is 0 Å². The number of aliphatic hydroxyl groups is 1. The number of rotatable bonds is 2. The highest BCUT2D eigenvalue weighted by Crippen LogP contribution is 2.25. The molecule has 2 heterocycles. The molecule has 16 heavy (non-hydrogen) atoms. The highest BCUT2D eigenvalue weighted by molar-refractivity contribution is 5.10. The standard InChI is InChI=1S/C13H22N2O/c1-13(2,3)7-12-14-8-11-6-10(9-16)4-5-15(11)12/h8,10,16H,4-7,9H2,1-3H3. The van der Waals surface area contributed by atoms with E-state index in [2.05, 4.69) is 30.3 Å². The van der Waals surface area contributed by atoms with Crippen molar-refractivity contribution in [2.75, 3.05) is 6.61 Å². The minimum atomic E-state index is 0.288. The largest absolute Gasteiger partial charge is 0.396 e. The first-order chi connectivity index (χ1) is 7.49. The van der Waals surface area contributed by atoms with Gasteiger partial charge in [0, 0.05) is 31.5 Å². The average molecular weight is 222 g/mol. The summed E-state index contributed by atoms with van der Waals surface area (Å²) in [5, 5.41) is 9.18. The molecule has 0 aliphatic carbocycles. The zero-order chi connectivity index (χ0) is 11.8. The van der Waals surface area contributed by atoms with Crippen molar-refractivity contribution >= 4 is 0 Å². The predicted molar refractivity (Wildman–Crippen MR) is 64.3 cm³/mol. The molecule has 0 fully saturated rings. The zero-order valence-corrected chi connectivity index (χ0v) is 10.5. The summed E-state index contributed by atoms with van der Waals surface area (Å²) in [7, 11) is 0. The minimum absolute atomic E-state index is 0.288. The van der Waals surface area contributed by atoms with Crippen LogP contribution in [-0.4, -0.2) is 21.3 Å². The van der Waals surface area contributed by atoms with Gasteiger partial charge >= 0.3 is 0 Å². The van der Waals surface area contributed by atoms with Gasteiger partial charge in [0.05, 0.1) is 0 Å². The molecule has 0 aromatic carbocycles. The number of fused-ring (bicyclic) bond motifs is 1. The van der Waals surface area contributed by atoms with Crippen molar-refractivity contribution in [2.45, 2.75) is 46.6 Å². The van der Waals surface area contributed by atoms with E-state index in [0.29, 0.717) is 12.5 Å². The third kappa shape index (κ3) is 2.46. The van der Waals surface area contributed by atoms with Crippen molar-refractivity contribution in [1.82, 2.24) is 9.55 Å². The molecule has 0 bridgehead atoms. The average Bonchev–Trinajstić information content (AvgIpc) is 2.58. The maximum Gasteiger partial charge on any atom is 0.109 e. The molecule has 90 valence electrons. The van der Waals surface area contributed by atoms with Gasteiger partial charge in [-0.25, -0.2) is 4.98 Å². The SMILES string of the molecule is CC(C)(C)Cc1ncc2n1CCC(CO)C2. The van der Waals surface area contributed by atoms with Crippen LogP contribution in [0, 0.1) is 11.3 Å². The fraction of sp³-hybridized carbons (Fsp3) is 0.769. The van der Waals surface area contributed by atoms with E-state index in [1.54, 1.807) is 0 Å². The molecule has 0 amide bonds. The summed E-state index contributed by atoms with van der Waals surface area (Å²) >= 11 is 0. The summed E-state index contributed by atoms with van der Waals surface area (Å²) in [5.41, 5.74) is 1.58. The number of imidazole rings is 1. The Morgan fingerprint density at radius 1 is 1.50 bits per heavy atom. The van der Waals surface area contributed by atoms with Crippen LogP contribution >= 0.6 is 0 Å². The summed E-state index contributed by atoms with van der Waals surface area (Å²) in [6.07, 6.45) is 5.07. The normalized spacial score (nSPS) is 20.9. The van der Waals surface area contributed by atoms with Gasteiger partial charge in [0.2, 0.25) is 0 Å². The molecule has 2 rings (SSSR count). The molecular weight excluding hydrogens is 200 g/mol. The molecular formula is C13H22N2O. The van der Waals surface area contributed by atoms with Crippen LogP contribution in [0.2, 0.25) is 0 Å². The lowest BCUT2D eigenvalue weighted by atomic mass is 9.91. The van der Waals surface area contributed by atoms with Crippen LogP contribution in [0.1, 0.15) is 38.7 Å². The Morgan fingerprint density at radius 2 is 2.25 bits per heavy atom. The van der Waals surface area contributed by atoms with Gasteiger partial charge in [0.1, 0.15) is 5.82 Å². The van der Waals surface area contributed by atoms with E-state index in [1.165, 1.54) is 11.5 Å². The number of aliphatic hydroxyl groups excluding tert-OH is 1. The molecule has 3 heteroatoms. The van der Waals surface area contributed by atoms with E-state index >= 15 is 0 Å². The second-order valence-electron chi connectivity index (χ2n) is 6.10. The summed E-state index contributed by atoms with van der Waals surface area (Å²) in [6.45, 7) is 8.06. The first-order valence-corrected chi connectivity index (χ1v) is 6.14. The van der Waals surface area contributed by atoms with Crippen molar-refractivity contribution in [1.29, 1.82) is 0 Å². The summed E-state index contributed by atoms with van der Waals surface area (Å²) in [4.78, 5) is 4.53. The summed E-state index contributed by atoms with van der Waals surface area (Å²) in [5.74, 6) is 1.64. The second-order valence-corrected chi connectivity index (χ2v) is 6.10. The maximum absolute atomic E-state index is 9.18. The maximum atomic E-state index is 9.18. The van der Waals surface area contributed by atoms with Crippen molar-refractivity contribution in [2.24, 2.45) is 11.3 Å². The van der Waals surface area contributed by atoms with Gasteiger partial charge in [-0.1, -0.05) is 20.8 Å². The Labute approximate surface area is 97.5 Å². The molecule has 1 aromatic rings. The molecule has 3 nitrogen and oxygen atoms in total. The zero-order valence-electron chi connectivity index (χ0n) is 10.5. The Morgan fingerprint density at radius 3 is 2.88 bits per heavy atom. The van der Waals surface area contributed by atoms with E-state index in [-0.39, 0.29) is 5.41 Å². The van der Waals surface area contributed by atoms with Gasteiger partial charge in [-0.3, -0.25) is 0 Å². The Hall–Kier alpha value is -0.830. The first-order valence-electron chi connectivity index (χ1n) is 6.14. The van der Waals surface area contributed by atoms with Crippen LogP contribution in [0.15, 0.2) is 6.20 Å². The van der Waals surface area contributed by atoms with Crippen LogP contribution in [-0.2, 0) is 19.4 Å². The third-order valence-electron chi connectivity index (χ3n) is 3.23. The molecule has 1 aliphatic heterocycles. The molecule has 0 spiro atoms. The molecule has 1 aromatic heterocycles. The Balaban J connectivity index is 2.16. The van der Waals surface area contributed by atoms with Crippen LogP contribution in [0.3, 0.4) is 0 Å². The number of aromatic nitrogens is 2. The smallest absolute Gasteiger partial charge is 0.109 e. The third-order valence-corrected chi connectivity index (χ3v) is 3.23. The topological polar surface area (TPSA) is 38.0 Å². The molecule has 0 saturated carbocycles. The minimum Gasteiger partial charge on any atom is -0.396 e. The van der Waals surface area contributed by atoms with Gasteiger partial charge in [0.25, 0.3) is 0 Å². The second kappa shape index (κ2) is 4.21. The fourth-order valence-electron chi connectivity index (χ4n) is 2.37. The Kier molecular flexibility index (Phi) is 3.06. The highest BCUT2D eigenvalue weighted by Gasteiger charge is 2.23. The Bertz CT molecular complexity index is 362. The quantitative estimate of drug-likeness (QED) is 0.831. The molecule has 1 N–H and O–H groups in total. The van der Waals surface area contributed by atoms with E-state index in [0.717, 1.165) is 25.8 Å². The van der Waals surface area contributed by atoms with Gasteiger partial charge < -0.3 is 9.67 Å². The van der Waals surface area contributed by atoms with Gasteiger partial charge in [-0.2, -0.15) is 0 Å². The van der Waals surface area contributed by atoms with E-state index in [9.17, 15) is 5.11 Å². The number of nitrogens with zero attached hydrogens (tertiary/aromatic N) is 2. The van der Waals surface area contributed by atoms with Crippen molar-refractivity contribution < 1.29 is 5.11 Å². The van der Waals surface area contributed by atoms with E-state index < -0.39 is 0 Å². The summed E-state index contributed by atoms with van der Waals surface area (Å²) in [6, 6.07) is 0. The van der Waals surface area contributed by atoms with Gasteiger partial charge in [-0.15, -0.1) is 0 Å². The van der Waals surface area contributed by atoms with E-state index in [4.69, 9.17) is 0 Å². The lowest BCUT2D eigenvalue weighted by Crippen LogP contribution is -2.24. The fourth-order valence-corrected chi connectivity index (χ4v) is 2.37. The summed E-state index contributed by atoms with van der Waals surface area (Å²) < 4.78 is 2.34. The lowest BCUT2D eigenvalue weighted by molar-refractivity contribution is 0.199. The molecule has 0 radical (unpaired) electrons. The van der Waals surface area contributed by atoms with E-state index in [1.807, 2.05) is 6.20 Å². The predicted octanol–water partition coefficient (Wildman–Crippen LogP) is 2.03. The number of hydrogen-bond acceptors (Lipinski definition) is 2. The number of hydrogen-bond donors (Lipinski definition) is 1. The van der Waals surface area contributed by atoms with Gasteiger partial charge in [-0.05, 0) is 24.2 Å². The molecule has 1 unspecified atom stereocenters. The van der Waals surface area contributed by atoms with Crippen molar-refractivity contribution in [3.05, 3.63) is 17.7 Å². The van der Waals surface area contributed by atoms with Crippen molar-refractivity contribution in [3.8, 4) is 0 Å². The molecule has 1 aliphatic rings. The van der Waals surface area contributed by atoms with Crippen molar-refractivity contribution in [3.63, 3.8) is 0 Å². The van der Waals surface area contributed by atoms with Crippen LogP contribution in [0.4, 0.5) is 0 Å². The molecule has 0 saturated heterocycles. The van der Waals surface area contributed by atoms with Gasteiger partial charge in [0.15, 0.2) is 0 Å². The highest BCUT2D eigenvalue weighted by atomic mass is 16.3.